The van der Waals surface area contributed by atoms with Gasteiger partial charge in [-0.2, -0.15) is 0 Å². The van der Waals surface area contributed by atoms with E-state index in [1.165, 1.54) is 32.0 Å². The number of ether oxygens (including phenoxy) is 2. The SMILES string of the molecule is COc1cc(NC(=O)CC2CC3CCC(C2)N3)c(C(=O)N(C)C)cc1OC. The van der Waals surface area contributed by atoms with Crippen LogP contribution in [0.2, 0.25) is 0 Å². The highest BCUT2D eigenvalue weighted by Gasteiger charge is 2.34. The number of benzene rings is 1. The molecule has 0 saturated carbocycles. The Morgan fingerprint density at radius 3 is 2.26 bits per heavy atom. The number of nitrogens with zero attached hydrogens (tertiary/aromatic N) is 1. The number of carbonyl (C=O) groups excluding carboxylic acids is 2. The number of hydrogen-bond donors (Lipinski definition) is 2. The highest BCUT2D eigenvalue weighted by molar-refractivity contribution is 6.04. The highest BCUT2D eigenvalue weighted by atomic mass is 16.5. The third-order valence-corrected chi connectivity index (χ3v) is 5.48. The lowest BCUT2D eigenvalue weighted by Gasteiger charge is -2.28. The Kier molecular flexibility index (Phi) is 5.89. The Hall–Kier alpha value is -2.28. The molecule has 0 aromatic heterocycles. The summed E-state index contributed by atoms with van der Waals surface area (Å²) in [5, 5.41) is 6.52. The maximum Gasteiger partial charge on any atom is 0.255 e. The Labute approximate surface area is 160 Å². The van der Waals surface area contributed by atoms with Crippen molar-refractivity contribution in [3.05, 3.63) is 17.7 Å². The number of amides is 2. The van der Waals surface area contributed by atoms with Gasteiger partial charge in [-0.3, -0.25) is 9.59 Å². The topological polar surface area (TPSA) is 79.9 Å². The fourth-order valence-corrected chi connectivity index (χ4v) is 4.21. The van der Waals surface area contributed by atoms with Crippen LogP contribution < -0.4 is 20.1 Å². The van der Waals surface area contributed by atoms with Gasteiger partial charge in [0.05, 0.1) is 25.5 Å². The Morgan fingerprint density at radius 1 is 1.11 bits per heavy atom. The van der Waals surface area contributed by atoms with Crippen LogP contribution in [0.5, 0.6) is 11.5 Å². The molecule has 3 rings (SSSR count). The zero-order valence-electron chi connectivity index (χ0n) is 16.5. The number of carbonyl (C=O) groups is 2. The summed E-state index contributed by atoms with van der Waals surface area (Å²) < 4.78 is 10.6. The van der Waals surface area contributed by atoms with Crippen molar-refractivity contribution in [2.45, 2.75) is 44.2 Å². The largest absolute Gasteiger partial charge is 0.493 e. The Bertz CT molecular complexity index is 707. The number of rotatable bonds is 6. The van der Waals surface area contributed by atoms with E-state index in [-0.39, 0.29) is 11.8 Å². The summed E-state index contributed by atoms with van der Waals surface area (Å²) in [6.45, 7) is 0. The second kappa shape index (κ2) is 8.17. The maximum atomic E-state index is 12.7. The van der Waals surface area contributed by atoms with Gasteiger partial charge in [-0.1, -0.05) is 0 Å². The number of nitrogens with one attached hydrogen (secondary N) is 2. The standard InChI is InChI=1S/C20H29N3O4/c1-23(2)20(25)15-10-17(26-3)18(27-4)11-16(15)22-19(24)9-12-7-13-5-6-14(8-12)21-13/h10-14,21H,5-9H2,1-4H3,(H,22,24). The second-order valence-corrected chi connectivity index (χ2v) is 7.68. The van der Waals surface area contributed by atoms with Crippen molar-refractivity contribution in [3.63, 3.8) is 0 Å². The molecule has 148 valence electrons. The normalized spacial score (nSPS) is 23.6. The van der Waals surface area contributed by atoms with Gasteiger partial charge in [0.1, 0.15) is 0 Å². The van der Waals surface area contributed by atoms with Crippen LogP contribution in [-0.2, 0) is 4.79 Å². The lowest BCUT2D eigenvalue weighted by molar-refractivity contribution is -0.117. The first kappa shape index (κ1) is 19.5. The molecule has 0 spiro atoms. The quantitative estimate of drug-likeness (QED) is 0.797. The average molecular weight is 375 g/mol. The predicted molar refractivity (Wildman–Crippen MR) is 103 cm³/mol. The zero-order chi connectivity index (χ0) is 19.6. The Balaban J connectivity index is 1.77. The molecule has 2 saturated heterocycles. The molecule has 2 bridgehead atoms. The van der Waals surface area contributed by atoms with Crippen LogP contribution >= 0.6 is 0 Å². The molecule has 2 aliphatic heterocycles. The van der Waals surface area contributed by atoms with Crippen molar-refractivity contribution in [1.29, 1.82) is 0 Å². The molecule has 0 aliphatic carbocycles. The molecular weight excluding hydrogens is 346 g/mol. The molecule has 2 aliphatic rings. The molecular formula is C20H29N3O4. The van der Waals surface area contributed by atoms with Crippen molar-refractivity contribution in [3.8, 4) is 11.5 Å². The van der Waals surface area contributed by atoms with Crippen molar-refractivity contribution < 1.29 is 19.1 Å². The van der Waals surface area contributed by atoms with Crippen molar-refractivity contribution >= 4 is 17.5 Å². The molecule has 0 radical (unpaired) electrons. The smallest absolute Gasteiger partial charge is 0.255 e. The molecule has 1 aromatic rings. The van der Waals surface area contributed by atoms with Crippen LogP contribution in [0, 0.1) is 5.92 Å². The van der Waals surface area contributed by atoms with E-state index in [0.717, 1.165) is 12.8 Å². The summed E-state index contributed by atoms with van der Waals surface area (Å²) in [6, 6.07) is 4.36. The number of methoxy groups -OCH3 is 2. The fourth-order valence-electron chi connectivity index (χ4n) is 4.21. The molecule has 2 heterocycles. The Morgan fingerprint density at radius 2 is 1.70 bits per heavy atom. The molecule has 2 unspecified atom stereocenters. The molecule has 2 N–H and O–H groups in total. The first-order valence-electron chi connectivity index (χ1n) is 9.44. The maximum absolute atomic E-state index is 12.7. The minimum atomic E-state index is -0.203. The average Bonchev–Trinajstić information content (AvgIpc) is 2.98. The monoisotopic (exact) mass is 375 g/mol. The number of piperidine rings is 1. The first-order chi connectivity index (χ1) is 12.9. The fraction of sp³-hybridized carbons (Fsp3) is 0.600. The summed E-state index contributed by atoms with van der Waals surface area (Å²) in [4.78, 5) is 26.7. The number of fused-ring (bicyclic) bond motifs is 2. The highest BCUT2D eigenvalue weighted by Crippen LogP contribution is 2.35. The molecule has 7 nitrogen and oxygen atoms in total. The minimum absolute atomic E-state index is 0.0682. The van der Waals surface area contributed by atoms with E-state index in [0.29, 0.717) is 47.2 Å². The van der Waals surface area contributed by atoms with Gasteiger partial charge in [-0.15, -0.1) is 0 Å². The van der Waals surface area contributed by atoms with E-state index in [2.05, 4.69) is 10.6 Å². The van der Waals surface area contributed by atoms with Crippen LogP contribution in [0.15, 0.2) is 12.1 Å². The van der Waals surface area contributed by atoms with Crippen LogP contribution in [0.1, 0.15) is 42.5 Å². The van der Waals surface area contributed by atoms with Crippen molar-refractivity contribution in [2.75, 3.05) is 33.6 Å². The summed E-state index contributed by atoms with van der Waals surface area (Å²) in [5.74, 6) is 1.04. The van der Waals surface area contributed by atoms with Gasteiger partial charge in [-0.25, -0.2) is 0 Å². The molecule has 2 fully saturated rings. The third kappa shape index (κ3) is 4.35. The molecule has 1 aromatic carbocycles. The predicted octanol–water partition coefficient (Wildman–Crippen LogP) is 2.26. The van der Waals surface area contributed by atoms with E-state index in [9.17, 15) is 9.59 Å². The van der Waals surface area contributed by atoms with E-state index < -0.39 is 0 Å². The summed E-state index contributed by atoms with van der Waals surface area (Å²) in [7, 11) is 6.40. The van der Waals surface area contributed by atoms with E-state index in [4.69, 9.17) is 9.47 Å². The van der Waals surface area contributed by atoms with Gasteiger partial charge < -0.3 is 25.0 Å². The van der Waals surface area contributed by atoms with E-state index in [1.54, 1.807) is 26.2 Å². The molecule has 2 atom stereocenters. The van der Waals surface area contributed by atoms with E-state index in [1.807, 2.05) is 0 Å². The van der Waals surface area contributed by atoms with Gasteiger partial charge in [-0.05, 0) is 37.7 Å². The summed E-state index contributed by atoms with van der Waals surface area (Å²) in [5.41, 5.74) is 0.838. The van der Waals surface area contributed by atoms with Crippen molar-refractivity contribution in [2.24, 2.45) is 5.92 Å². The zero-order valence-corrected chi connectivity index (χ0v) is 16.5. The lowest BCUT2D eigenvalue weighted by Crippen LogP contribution is -2.39. The van der Waals surface area contributed by atoms with Crippen molar-refractivity contribution in [1.82, 2.24) is 10.2 Å². The minimum Gasteiger partial charge on any atom is -0.493 e. The second-order valence-electron chi connectivity index (χ2n) is 7.68. The van der Waals surface area contributed by atoms with Gasteiger partial charge in [0.2, 0.25) is 5.91 Å². The molecule has 27 heavy (non-hydrogen) atoms. The van der Waals surface area contributed by atoms with Crippen LogP contribution in [0.25, 0.3) is 0 Å². The number of anilines is 1. The molecule has 2 amide bonds. The lowest BCUT2D eigenvalue weighted by atomic mass is 9.89. The van der Waals surface area contributed by atoms with E-state index >= 15 is 0 Å². The van der Waals surface area contributed by atoms with Gasteiger partial charge >= 0.3 is 0 Å². The van der Waals surface area contributed by atoms with Crippen LogP contribution in [0.4, 0.5) is 5.69 Å². The van der Waals surface area contributed by atoms with Crippen LogP contribution in [-0.4, -0.2) is 57.1 Å². The third-order valence-electron chi connectivity index (χ3n) is 5.48. The van der Waals surface area contributed by atoms with Gasteiger partial charge in [0.15, 0.2) is 11.5 Å². The summed E-state index contributed by atoms with van der Waals surface area (Å²) in [6.07, 6.45) is 4.97. The number of hydrogen-bond acceptors (Lipinski definition) is 5. The summed E-state index contributed by atoms with van der Waals surface area (Å²) >= 11 is 0. The first-order valence-corrected chi connectivity index (χ1v) is 9.44. The molecule has 7 heteroatoms. The van der Waals surface area contributed by atoms with Gasteiger partial charge in [0.25, 0.3) is 5.91 Å². The van der Waals surface area contributed by atoms with Crippen LogP contribution in [0.3, 0.4) is 0 Å². The van der Waals surface area contributed by atoms with Gasteiger partial charge in [0, 0.05) is 38.7 Å².